The van der Waals surface area contributed by atoms with Crippen LogP contribution in [0.15, 0.2) is 48.7 Å². The SMILES string of the molecule is C=C/C(=C\C=C(/C=C)NC)COC=O. The van der Waals surface area contributed by atoms with E-state index in [1.165, 1.54) is 0 Å². The molecule has 0 spiro atoms. The zero-order valence-electron chi connectivity index (χ0n) is 8.32. The number of carbonyl (C=O) groups is 1. The van der Waals surface area contributed by atoms with Crippen LogP contribution in [-0.4, -0.2) is 20.1 Å². The summed E-state index contributed by atoms with van der Waals surface area (Å²) in [6.45, 7) is 7.87. The molecule has 0 aromatic rings. The highest BCUT2D eigenvalue weighted by atomic mass is 16.5. The van der Waals surface area contributed by atoms with Crippen LogP contribution in [0.2, 0.25) is 0 Å². The number of ether oxygens (including phenoxy) is 1. The molecule has 3 heteroatoms. The minimum atomic E-state index is 0.234. The second kappa shape index (κ2) is 7.86. The monoisotopic (exact) mass is 193 g/mol. The third-order valence-electron chi connectivity index (χ3n) is 1.57. The Bertz CT molecular complexity index is 264. The van der Waals surface area contributed by atoms with Crippen LogP contribution in [0.4, 0.5) is 0 Å². The zero-order chi connectivity index (χ0) is 10.8. The first kappa shape index (κ1) is 12.2. The molecule has 0 saturated heterocycles. The van der Waals surface area contributed by atoms with E-state index >= 15 is 0 Å². The van der Waals surface area contributed by atoms with Crippen LogP contribution in [0.1, 0.15) is 0 Å². The van der Waals surface area contributed by atoms with Crippen molar-refractivity contribution in [2.75, 3.05) is 13.7 Å². The van der Waals surface area contributed by atoms with Crippen molar-refractivity contribution >= 4 is 6.47 Å². The molecule has 14 heavy (non-hydrogen) atoms. The highest BCUT2D eigenvalue weighted by Gasteiger charge is 1.90. The van der Waals surface area contributed by atoms with E-state index in [2.05, 4.69) is 23.2 Å². The molecule has 0 aliphatic rings. The Balaban J connectivity index is 4.41. The average Bonchev–Trinajstić information content (AvgIpc) is 2.23. The number of rotatable bonds is 7. The number of likely N-dealkylation sites (N-methyl/N-ethyl adjacent to an activating group) is 1. The molecular weight excluding hydrogens is 178 g/mol. The predicted molar refractivity (Wildman–Crippen MR) is 57.6 cm³/mol. The van der Waals surface area contributed by atoms with Crippen molar-refractivity contribution in [2.24, 2.45) is 0 Å². The normalized spacial score (nSPS) is 11.8. The minimum absolute atomic E-state index is 0.234. The summed E-state index contributed by atoms with van der Waals surface area (Å²) < 4.78 is 4.59. The smallest absolute Gasteiger partial charge is 0.293 e. The van der Waals surface area contributed by atoms with Gasteiger partial charge < -0.3 is 10.1 Å². The third-order valence-corrected chi connectivity index (χ3v) is 1.57. The van der Waals surface area contributed by atoms with Crippen molar-refractivity contribution in [3.63, 3.8) is 0 Å². The molecular formula is C11H15NO2. The van der Waals surface area contributed by atoms with E-state index in [0.717, 1.165) is 11.3 Å². The Morgan fingerprint density at radius 3 is 2.50 bits per heavy atom. The largest absolute Gasteiger partial charge is 0.463 e. The maximum atomic E-state index is 9.95. The van der Waals surface area contributed by atoms with Gasteiger partial charge in [0.05, 0.1) is 0 Å². The highest BCUT2D eigenvalue weighted by molar-refractivity contribution is 5.38. The molecule has 0 amide bonds. The van der Waals surface area contributed by atoms with Crippen molar-refractivity contribution in [1.82, 2.24) is 5.32 Å². The lowest BCUT2D eigenvalue weighted by Crippen LogP contribution is -2.02. The predicted octanol–water partition coefficient (Wildman–Crippen LogP) is 1.56. The summed E-state index contributed by atoms with van der Waals surface area (Å²) in [7, 11) is 1.80. The molecule has 3 nitrogen and oxygen atoms in total. The van der Waals surface area contributed by atoms with E-state index < -0.39 is 0 Å². The van der Waals surface area contributed by atoms with Crippen molar-refractivity contribution in [3.8, 4) is 0 Å². The fourth-order valence-electron chi connectivity index (χ4n) is 0.756. The molecule has 0 radical (unpaired) electrons. The first-order valence-electron chi connectivity index (χ1n) is 4.17. The molecule has 0 fully saturated rings. The van der Waals surface area contributed by atoms with Gasteiger partial charge in [0, 0.05) is 12.7 Å². The van der Waals surface area contributed by atoms with Gasteiger partial charge in [0.1, 0.15) is 6.61 Å². The van der Waals surface area contributed by atoms with Gasteiger partial charge in [-0.25, -0.2) is 0 Å². The summed E-state index contributed by atoms with van der Waals surface area (Å²) in [4.78, 5) is 9.95. The Hall–Kier alpha value is -1.77. The first-order valence-corrected chi connectivity index (χ1v) is 4.17. The van der Waals surface area contributed by atoms with Crippen LogP contribution in [0.25, 0.3) is 0 Å². The Kier molecular flexibility index (Phi) is 6.86. The summed E-state index contributed by atoms with van der Waals surface area (Å²) in [6.07, 6.45) is 6.97. The van der Waals surface area contributed by atoms with E-state index in [-0.39, 0.29) is 6.61 Å². The molecule has 0 heterocycles. The van der Waals surface area contributed by atoms with Crippen molar-refractivity contribution in [2.45, 2.75) is 0 Å². The summed E-state index contributed by atoms with van der Waals surface area (Å²) >= 11 is 0. The first-order chi connectivity index (χ1) is 6.78. The van der Waals surface area contributed by atoms with Crippen LogP contribution >= 0.6 is 0 Å². The summed E-state index contributed by atoms with van der Waals surface area (Å²) in [5.41, 5.74) is 1.71. The quantitative estimate of drug-likeness (QED) is 0.492. The molecule has 0 saturated carbocycles. The van der Waals surface area contributed by atoms with Gasteiger partial charge in [0.25, 0.3) is 6.47 Å². The maximum Gasteiger partial charge on any atom is 0.293 e. The fraction of sp³-hybridized carbons (Fsp3) is 0.182. The molecule has 0 bridgehead atoms. The fourth-order valence-corrected chi connectivity index (χ4v) is 0.756. The van der Waals surface area contributed by atoms with E-state index in [1.54, 1.807) is 19.2 Å². The molecule has 0 aromatic carbocycles. The van der Waals surface area contributed by atoms with E-state index in [9.17, 15) is 4.79 Å². The molecule has 0 aliphatic carbocycles. The van der Waals surface area contributed by atoms with Gasteiger partial charge in [-0.1, -0.05) is 25.3 Å². The summed E-state index contributed by atoms with van der Waals surface area (Å²) in [6, 6.07) is 0. The van der Waals surface area contributed by atoms with Crippen LogP contribution in [0, 0.1) is 0 Å². The standard InChI is InChI=1S/C11H15NO2/c1-4-10(8-14-9-13)6-7-11(5-2)12-3/h4-7,9,12H,1-2,8H2,3H3/b10-6+,11-7+. The zero-order valence-corrected chi connectivity index (χ0v) is 8.32. The van der Waals surface area contributed by atoms with Gasteiger partial charge in [0.2, 0.25) is 0 Å². The molecule has 0 atom stereocenters. The maximum absolute atomic E-state index is 9.95. The molecule has 1 N–H and O–H groups in total. The molecule has 0 unspecified atom stereocenters. The minimum Gasteiger partial charge on any atom is -0.463 e. The van der Waals surface area contributed by atoms with Gasteiger partial charge in [-0.3, -0.25) is 4.79 Å². The Morgan fingerprint density at radius 2 is 2.07 bits per heavy atom. The third kappa shape index (κ3) is 4.98. The topological polar surface area (TPSA) is 38.3 Å². The molecule has 0 rings (SSSR count). The number of hydrogen-bond donors (Lipinski definition) is 1. The van der Waals surface area contributed by atoms with Crippen LogP contribution in [0.5, 0.6) is 0 Å². The van der Waals surface area contributed by atoms with Gasteiger partial charge in [-0.15, -0.1) is 0 Å². The Morgan fingerprint density at radius 1 is 1.36 bits per heavy atom. The van der Waals surface area contributed by atoms with Crippen molar-refractivity contribution < 1.29 is 9.53 Å². The van der Waals surface area contributed by atoms with Crippen LogP contribution in [0.3, 0.4) is 0 Å². The van der Waals surface area contributed by atoms with Gasteiger partial charge in [0.15, 0.2) is 0 Å². The molecule has 0 aromatic heterocycles. The highest BCUT2D eigenvalue weighted by Crippen LogP contribution is 1.99. The lowest BCUT2D eigenvalue weighted by molar-refractivity contribution is -0.127. The number of nitrogens with one attached hydrogen (secondary N) is 1. The van der Waals surface area contributed by atoms with Crippen molar-refractivity contribution in [3.05, 3.63) is 48.7 Å². The number of hydrogen-bond acceptors (Lipinski definition) is 3. The lowest BCUT2D eigenvalue weighted by atomic mass is 10.2. The van der Waals surface area contributed by atoms with Crippen LogP contribution < -0.4 is 5.32 Å². The van der Waals surface area contributed by atoms with E-state index in [1.807, 2.05) is 12.2 Å². The number of allylic oxidation sites excluding steroid dienone is 3. The van der Waals surface area contributed by atoms with Gasteiger partial charge >= 0.3 is 0 Å². The second-order valence-electron chi connectivity index (χ2n) is 2.43. The lowest BCUT2D eigenvalue weighted by Gasteiger charge is -2.00. The van der Waals surface area contributed by atoms with Gasteiger partial charge in [-0.05, 0) is 17.7 Å². The summed E-state index contributed by atoms with van der Waals surface area (Å²) in [5.74, 6) is 0. The molecule has 0 aliphatic heterocycles. The second-order valence-corrected chi connectivity index (χ2v) is 2.43. The van der Waals surface area contributed by atoms with E-state index in [0.29, 0.717) is 6.47 Å². The van der Waals surface area contributed by atoms with E-state index in [4.69, 9.17) is 0 Å². The van der Waals surface area contributed by atoms with Gasteiger partial charge in [-0.2, -0.15) is 0 Å². The van der Waals surface area contributed by atoms with Crippen LogP contribution in [-0.2, 0) is 9.53 Å². The summed E-state index contributed by atoms with van der Waals surface area (Å²) in [5, 5.41) is 2.94. The molecule has 76 valence electrons. The Labute approximate surface area is 84.5 Å². The number of carbonyl (C=O) groups excluding carboxylic acids is 1. The average molecular weight is 193 g/mol. The van der Waals surface area contributed by atoms with Crippen molar-refractivity contribution in [1.29, 1.82) is 0 Å².